The van der Waals surface area contributed by atoms with Crippen molar-refractivity contribution >= 4 is 5.91 Å². The van der Waals surface area contributed by atoms with Gasteiger partial charge in [0.1, 0.15) is 0 Å². The number of hydrogen-bond donors (Lipinski definition) is 0. The van der Waals surface area contributed by atoms with Crippen molar-refractivity contribution in [2.24, 2.45) is 7.05 Å². The molecule has 3 rings (SSSR count). The van der Waals surface area contributed by atoms with E-state index in [1.165, 1.54) is 6.07 Å². The molecule has 2 aromatic rings. The fraction of sp³-hybridized carbons (Fsp3) is 0.450. The maximum atomic E-state index is 12.9. The van der Waals surface area contributed by atoms with Crippen LogP contribution < -0.4 is 0 Å². The van der Waals surface area contributed by atoms with Gasteiger partial charge in [0.25, 0.3) is 0 Å². The average molecular weight is 364 g/mol. The first-order valence-corrected chi connectivity index (χ1v) is 8.93. The fourth-order valence-corrected chi connectivity index (χ4v) is 3.67. The van der Waals surface area contributed by atoms with Crippen LogP contribution in [0.25, 0.3) is 0 Å². The predicted octanol–water partition coefficient (Wildman–Crippen LogP) is 4.73. The van der Waals surface area contributed by atoms with E-state index in [1.807, 2.05) is 34.8 Å². The summed E-state index contributed by atoms with van der Waals surface area (Å²) in [6.07, 6.45) is 1.46. The van der Waals surface area contributed by atoms with Gasteiger partial charge in [-0.05, 0) is 36.6 Å². The number of aromatic nitrogens is 1. The van der Waals surface area contributed by atoms with Crippen LogP contribution in [0.2, 0.25) is 0 Å². The first-order valence-electron chi connectivity index (χ1n) is 8.93. The highest BCUT2D eigenvalue weighted by molar-refractivity contribution is 5.79. The Balaban J connectivity index is 1.81. The van der Waals surface area contributed by atoms with Gasteiger partial charge in [-0.25, -0.2) is 0 Å². The lowest BCUT2D eigenvalue weighted by Gasteiger charge is -2.31. The zero-order valence-electron chi connectivity index (χ0n) is 14.8. The van der Waals surface area contributed by atoms with Crippen LogP contribution in [0, 0.1) is 0 Å². The molecule has 2 heterocycles. The topological polar surface area (TPSA) is 25.2 Å². The molecule has 1 saturated heterocycles. The molecule has 0 spiro atoms. The molecule has 1 fully saturated rings. The van der Waals surface area contributed by atoms with Crippen LogP contribution in [0.15, 0.2) is 42.6 Å². The molecule has 6 heteroatoms. The van der Waals surface area contributed by atoms with E-state index in [1.54, 1.807) is 6.07 Å². The number of carbonyl (C=O) groups is 1. The summed E-state index contributed by atoms with van der Waals surface area (Å²) in [5, 5.41) is 0. The average Bonchev–Trinajstić information content (AvgIpc) is 2.87. The summed E-state index contributed by atoms with van der Waals surface area (Å²) in [4.78, 5) is 14.8. The lowest BCUT2D eigenvalue weighted by atomic mass is 10.0. The van der Waals surface area contributed by atoms with Gasteiger partial charge >= 0.3 is 6.18 Å². The van der Waals surface area contributed by atoms with E-state index in [4.69, 9.17) is 0 Å². The number of nitrogens with zero attached hydrogens (tertiary/aromatic N) is 2. The largest absolute Gasteiger partial charge is 0.416 e. The van der Waals surface area contributed by atoms with Gasteiger partial charge in [0.2, 0.25) is 5.91 Å². The molecule has 0 saturated carbocycles. The molecule has 0 unspecified atom stereocenters. The van der Waals surface area contributed by atoms with E-state index in [2.05, 4.69) is 0 Å². The number of carbonyl (C=O) groups excluding carboxylic acids is 1. The molecule has 1 atom stereocenters. The van der Waals surface area contributed by atoms with Gasteiger partial charge in [-0.15, -0.1) is 0 Å². The summed E-state index contributed by atoms with van der Waals surface area (Å²) in [5.74, 6) is -0.113. The van der Waals surface area contributed by atoms with E-state index < -0.39 is 11.7 Å². The molecule has 1 amide bonds. The van der Waals surface area contributed by atoms with Crippen LogP contribution in [0.1, 0.15) is 48.5 Å². The van der Waals surface area contributed by atoms with Crippen molar-refractivity contribution in [3.63, 3.8) is 0 Å². The van der Waals surface area contributed by atoms with Crippen LogP contribution in [-0.4, -0.2) is 21.9 Å². The molecule has 26 heavy (non-hydrogen) atoms. The third-order valence-corrected chi connectivity index (χ3v) is 5.01. The first kappa shape index (κ1) is 18.5. The minimum Gasteiger partial charge on any atom is -0.353 e. The van der Waals surface area contributed by atoms with Crippen molar-refractivity contribution in [2.75, 3.05) is 6.54 Å². The monoisotopic (exact) mass is 364 g/mol. The molecule has 0 radical (unpaired) electrons. The van der Waals surface area contributed by atoms with Gasteiger partial charge in [-0.1, -0.05) is 31.0 Å². The summed E-state index contributed by atoms with van der Waals surface area (Å²) < 4.78 is 40.7. The van der Waals surface area contributed by atoms with Crippen LogP contribution >= 0.6 is 0 Å². The maximum Gasteiger partial charge on any atom is 0.416 e. The number of halogens is 3. The van der Waals surface area contributed by atoms with Crippen molar-refractivity contribution < 1.29 is 18.0 Å². The summed E-state index contributed by atoms with van der Waals surface area (Å²) in [6.45, 7) is 0.646. The first-order chi connectivity index (χ1) is 12.4. The maximum absolute atomic E-state index is 12.9. The van der Waals surface area contributed by atoms with E-state index in [-0.39, 0.29) is 18.4 Å². The van der Waals surface area contributed by atoms with Crippen molar-refractivity contribution in [1.29, 1.82) is 0 Å². The van der Waals surface area contributed by atoms with E-state index in [9.17, 15) is 18.0 Å². The Morgan fingerprint density at radius 3 is 2.65 bits per heavy atom. The molecule has 1 aromatic heterocycles. The summed E-state index contributed by atoms with van der Waals surface area (Å²) in [6, 6.07) is 9.01. The zero-order chi connectivity index (χ0) is 18.7. The second kappa shape index (κ2) is 7.56. The molecule has 1 aliphatic heterocycles. The standard InChI is InChI=1S/C20H23F3N2O/c1-24-11-6-10-17(24)18-9-3-2-4-12-25(18)19(26)14-15-7-5-8-16(13-15)20(21,22)23/h5-8,10-11,13,18H,2-4,9,12,14H2,1H3/t18-/m0/s1. The summed E-state index contributed by atoms with van der Waals surface area (Å²) >= 11 is 0. The van der Waals surface area contributed by atoms with Crippen LogP contribution in [0.4, 0.5) is 13.2 Å². The predicted molar refractivity (Wildman–Crippen MR) is 93.5 cm³/mol. The fourth-order valence-electron chi connectivity index (χ4n) is 3.67. The Bertz CT molecular complexity index is 766. The highest BCUT2D eigenvalue weighted by Gasteiger charge is 2.31. The lowest BCUT2D eigenvalue weighted by molar-refractivity contribution is -0.138. The number of benzene rings is 1. The van der Waals surface area contributed by atoms with E-state index >= 15 is 0 Å². The number of likely N-dealkylation sites (tertiary alicyclic amines) is 1. The number of amides is 1. The second-order valence-electron chi connectivity index (χ2n) is 6.87. The minimum atomic E-state index is -4.40. The van der Waals surface area contributed by atoms with Gasteiger partial charge < -0.3 is 9.47 Å². The van der Waals surface area contributed by atoms with Crippen molar-refractivity contribution in [3.8, 4) is 0 Å². The molecule has 0 bridgehead atoms. The normalized spacial score (nSPS) is 18.6. The van der Waals surface area contributed by atoms with Gasteiger partial charge in [-0.2, -0.15) is 13.2 Å². The van der Waals surface area contributed by atoms with Gasteiger partial charge in [-0.3, -0.25) is 4.79 Å². The van der Waals surface area contributed by atoms with Crippen molar-refractivity contribution in [3.05, 3.63) is 59.4 Å². The third-order valence-electron chi connectivity index (χ3n) is 5.01. The van der Waals surface area contributed by atoms with Gasteiger partial charge in [0.15, 0.2) is 0 Å². The molecule has 1 aliphatic rings. The summed E-state index contributed by atoms with van der Waals surface area (Å²) in [7, 11) is 1.95. The number of aryl methyl sites for hydroxylation is 1. The molecular formula is C20H23F3N2O. The summed E-state index contributed by atoms with van der Waals surface area (Å²) in [5.41, 5.74) is 0.765. The Hall–Kier alpha value is -2.24. The minimum absolute atomic E-state index is 0.00908. The Kier molecular flexibility index (Phi) is 5.39. The Morgan fingerprint density at radius 2 is 1.96 bits per heavy atom. The SMILES string of the molecule is Cn1cccc1[C@@H]1CCCCCN1C(=O)Cc1cccc(C(F)(F)F)c1. The highest BCUT2D eigenvalue weighted by atomic mass is 19.4. The van der Waals surface area contributed by atoms with E-state index in [0.717, 1.165) is 43.5 Å². The second-order valence-corrected chi connectivity index (χ2v) is 6.87. The van der Waals surface area contributed by atoms with Crippen LogP contribution in [0.3, 0.4) is 0 Å². The Morgan fingerprint density at radius 1 is 1.15 bits per heavy atom. The number of rotatable bonds is 3. The zero-order valence-corrected chi connectivity index (χ0v) is 14.8. The molecule has 0 aliphatic carbocycles. The third kappa shape index (κ3) is 4.11. The van der Waals surface area contributed by atoms with E-state index in [0.29, 0.717) is 12.1 Å². The lowest BCUT2D eigenvalue weighted by Crippen LogP contribution is -2.36. The van der Waals surface area contributed by atoms with Crippen LogP contribution in [-0.2, 0) is 24.4 Å². The Labute approximate surface area is 151 Å². The number of hydrogen-bond acceptors (Lipinski definition) is 1. The highest BCUT2D eigenvalue weighted by Crippen LogP contribution is 2.32. The molecular weight excluding hydrogens is 341 g/mol. The van der Waals surface area contributed by atoms with Crippen LogP contribution in [0.5, 0.6) is 0 Å². The molecule has 0 N–H and O–H groups in total. The van der Waals surface area contributed by atoms with Gasteiger partial charge in [0, 0.05) is 25.5 Å². The van der Waals surface area contributed by atoms with Gasteiger partial charge in [0.05, 0.1) is 18.0 Å². The van der Waals surface area contributed by atoms with Crippen molar-refractivity contribution in [2.45, 2.75) is 44.3 Å². The number of alkyl halides is 3. The molecule has 1 aromatic carbocycles. The quantitative estimate of drug-likeness (QED) is 0.773. The molecule has 140 valence electrons. The van der Waals surface area contributed by atoms with Crippen molar-refractivity contribution in [1.82, 2.24) is 9.47 Å². The smallest absolute Gasteiger partial charge is 0.353 e. The molecule has 3 nitrogen and oxygen atoms in total.